The molecule has 0 unspecified atom stereocenters. The fraction of sp³-hybridized carbons (Fsp3) is 0.200. The van der Waals surface area contributed by atoms with Crippen LogP contribution >= 0.6 is 11.8 Å². The molecule has 0 spiro atoms. The maximum absolute atomic E-state index is 13.3. The number of anilines is 2. The van der Waals surface area contributed by atoms with Gasteiger partial charge in [-0.3, -0.25) is 9.59 Å². The topological polar surface area (TPSA) is 88.9 Å². The zero-order valence-corrected chi connectivity index (χ0v) is 16.8. The summed E-state index contributed by atoms with van der Waals surface area (Å²) in [5.74, 6) is -0.330. The van der Waals surface area contributed by atoms with Gasteiger partial charge in [0.2, 0.25) is 11.8 Å². The molecule has 0 aliphatic carbocycles. The highest BCUT2D eigenvalue weighted by atomic mass is 32.2. The molecule has 0 atom stereocenters. The van der Waals surface area contributed by atoms with Crippen LogP contribution in [0.15, 0.2) is 53.7 Å². The number of amides is 2. The molecule has 0 aliphatic heterocycles. The molecule has 150 valence electrons. The fourth-order valence-corrected chi connectivity index (χ4v) is 3.27. The number of nitrogens with one attached hydrogen (secondary N) is 2. The molecule has 3 rings (SSSR count). The van der Waals surface area contributed by atoms with Crippen molar-refractivity contribution in [3.05, 3.63) is 65.7 Å². The Morgan fingerprint density at radius 2 is 1.83 bits per heavy atom. The first-order chi connectivity index (χ1) is 13.9. The van der Waals surface area contributed by atoms with Crippen LogP contribution < -0.4 is 10.6 Å². The van der Waals surface area contributed by atoms with Crippen LogP contribution in [0.25, 0.3) is 0 Å². The normalized spacial score (nSPS) is 10.6. The first-order valence-corrected chi connectivity index (χ1v) is 9.83. The van der Waals surface area contributed by atoms with E-state index in [2.05, 4.69) is 20.8 Å². The Balaban J connectivity index is 1.54. The predicted octanol–water partition coefficient (Wildman–Crippen LogP) is 3.17. The van der Waals surface area contributed by atoms with Crippen LogP contribution in [0.1, 0.15) is 11.4 Å². The molecule has 1 aromatic heterocycles. The Morgan fingerprint density at radius 1 is 1.07 bits per heavy atom. The van der Waals surface area contributed by atoms with Gasteiger partial charge in [-0.05, 0) is 36.8 Å². The van der Waals surface area contributed by atoms with E-state index in [1.54, 1.807) is 36.7 Å². The summed E-state index contributed by atoms with van der Waals surface area (Å²) in [6, 6.07) is 13.4. The Bertz CT molecular complexity index is 1020. The van der Waals surface area contributed by atoms with E-state index in [0.717, 1.165) is 5.56 Å². The van der Waals surface area contributed by atoms with Crippen molar-refractivity contribution in [3.63, 3.8) is 0 Å². The third-order valence-corrected chi connectivity index (χ3v) is 5.13. The maximum atomic E-state index is 13.3. The lowest BCUT2D eigenvalue weighted by Crippen LogP contribution is -2.17. The average Bonchev–Trinajstić information content (AvgIpc) is 3.03. The largest absolute Gasteiger partial charge is 0.326 e. The van der Waals surface area contributed by atoms with Crippen LogP contribution in [0.5, 0.6) is 0 Å². The molecule has 9 heteroatoms. The van der Waals surface area contributed by atoms with Crippen LogP contribution in [-0.2, 0) is 23.1 Å². The number of aromatic nitrogens is 3. The lowest BCUT2D eigenvalue weighted by molar-refractivity contribution is -0.116. The highest BCUT2D eigenvalue weighted by molar-refractivity contribution is 7.99. The number of benzene rings is 2. The maximum Gasteiger partial charge on any atom is 0.234 e. The van der Waals surface area contributed by atoms with Gasteiger partial charge < -0.3 is 15.2 Å². The highest BCUT2D eigenvalue weighted by Crippen LogP contribution is 2.19. The summed E-state index contributed by atoms with van der Waals surface area (Å²) in [7, 11) is 1.74. The average molecular weight is 413 g/mol. The first-order valence-electron chi connectivity index (χ1n) is 8.84. The lowest BCUT2D eigenvalue weighted by atomic mass is 10.2. The second-order valence-electron chi connectivity index (χ2n) is 6.34. The molecule has 0 radical (unpaired) electrons. The van der Waals surface area contributed by atoms with Gasteiger partial charge in [0.1, 0.15) is 11.6 Å². The third-order valence-electron chi connectivity index (χ3n) is 4.11. The van der Waals surface area contributed by atoms with E-state index in [1.165, 1.54) is 23.9 Å². The number of nitrogens with zero attached hydrogens (tertiary/aromatic N) is 3. The van der Waals surface area contributed by atoms with Crippen molar-refractivity contribution in [1.29, 1.82) is 0 Å². The minimum atomic E-state index is -0.412. The summed E-state index contributed by atoms with van der Waals surface area (Å²) in [6.45, 7) is 1.79. The van der Waals surface area contributed by atoms with E-state index >= 15 is 0 Å². The van der Waals surface area contributed by atoms with Gasteiger partial charge in [-0.1, -0.05) is 36.0 Å². The summed E-state index contributed by atoms with van der Waals surface area (Å²) in [6.07, 6.45) is 0.0631. The van der Waals surface area contributed by atoms with E-state index in [-0.39, 0.29) is 24.0 Å². The summed E-state index contributed by atoms with van der Waals surface area (Å²) in [4.78, 5) is 24.4. The zero-order valence-electron chi connectivity index (χ0n) is 16.0. The van der Waals surface area contributed by atoms with Crippen molar-refractivity contribution >= 4 is 35.0 Å². The SMILES string of the molecule is Cc1ccc(F)cc1NC(=O)CSc1nnc(CC(=O)Nc2ccccc2)n1C. The van der Waals surface area contributed by atoms with Crippen molar-refractivity contribution in [2.75, 3.05) is 16.4 Å². The van der Waals surface area contributed by atoms with Crippen molar-refractivity contribution in [1.82, 2.24) is 14.8 Å². The number of thioether (sulfide) groups is 1. The summed E-state index contributed by atoms with van der Waals surface area (Å²) in [5, 5.41) is 14.1. The Labute approximate surface area is 171 Å². The molecule has 7 nitrogen and oxygen atoms in total. The van der Waals surface area contributed by atoms with Crippen molar-refractivity contribution < 1.29 is 14.0 Å². The number of carbonyl (C=O) groups excluding carboxylic acids is 2. The molecule has 0 saturated heterocycles. The molecule has 0 saturated carbocycles. The molecule has 29 heavy (non-hydrogen) atoms. The molecule has 3 aromatic rings. The molecular formula is C20H20FN5O2S. The number of rotatable bonds is 7. The van der Waals surface area contributed by atoms with Gasteiger partial charge in [0, 0.05) is 18.4 Å². The van der Waals surface area contributed by atoms with Gasteiger partial charge in [-0.2, -0.15) is 0 Å². The Kier molecular flexibility index (Phi) is 6.61. The van der Waals surface area contributed by atoms with E-state index in [1.807, 2.05) is 18.2 Å². The number of aryl methyl sites for hydroxylation is 1. The van der Waals surface area contributed by atoms with Gasteiger partial charge in [-0.15, -0.1) is 10.2 Å². The molecule has 0 fully saturated rings. The molecule has 2 aromatic carbocycles. The monoisotopic (exact) mass is 413 g/mol. The molecular weight excluding hydrogens is 393 g/mol. The number of hydrogen-bond donors (Lipinski definition) is 2. The predicted molar refractivity (Wildman–Crippen MR) is 110 cm³/mol. The first kappa shape index (κ1) is 20.5. The number of halogens is 1. The molecule has 0 bridgehead atoms. The van der Waals surface area contributed by atoms with Crippen LogP contribution in [0.2, 0.25) is 0 Å². The summed E-state index contributed by atoms with van der Waals surface area (Å²) in [5.41, 5.74) is 1.92. The number of para-hydroxylation sites is 1. The molecule has 1 heterocycles. The van der Waals surface area contributed by atoms with Gasteiger partial charge in [0.15, 0.2) is 5.16 Å². The third kappa shape index (κ3) is 5.64. The second-order valence-corrected chi connectivity index (χ2v) is 7.29. The highest BCUT2D eigenvalue weighted by Gasteiger charge is 2.15. The van der Waals surface area contributed by atoms with E-state index < -0.39 is 5.82 Å². The Morgan fingerprint density at radius 3 is 2.59 bits per heavy atom. The molecule has 2 amide bonds. The fourth-order valence-electron chi connectivity index (χ4n) is 2.54. The van der Waals surface area contributed by atoms with Crippen LogP contribution in [0.4, 0.5) is 15.8 Å². The Hall–Kier alpha value is -3.20. The smallest absolute Gasteiger partial charge is 0.234 e. The summed E-state index contributed by atoms with van der Waals surface area (Å²) >= 11 is 1.19. The van der Waals surface area contributed by atoms with Crippen LogP contribution in [-0.4, -0.2) is 32.3 Å². The van der Waals surface area contributed by atoms with Crippen molar-refractivity contribution in [3.8, 4) is 0 Å². The number of hydrogen-bond acceptors (Lipinski definition) is 5. The standard InChI is InChI=1S/C20H20FN5O2S/c1-13-8-9-14(21)10-16(13)23-19(28)12-29-20-25-24-17(26(20)2)11-18(27)22-15-6-4-3-5-7-15/h3-10H,11-12H2,1-2H3,(H,22,27)(H,23,28). The van der Waals surface area contributed by atoms with Crippen LogP contribution in [0.3, 0.4) is 0 Å². The zero-order chi connectivity index (χ0) is 20.8. The van der Waals surface area contributed by atoms with Gasteiger partial charge in [0.05, 0.1) is 12.2 Å². The quantitative estimate of drug-likeness (QED) is 0.581. The van der Waals surface area contributed by atoms with Crippen molar-refractivity contribution in [2.45, 2.75) is 18.5 Å². The van der Waals surface area contributed by atoms with Crippen molar-refractivity contribution in [2.24, 2.45) is 7.05 Å². The van der Waals surface area contributed by atoms with Crippen LogP contribution in [0, 0.1) is 12.7 Å². The lowest BCUT2D eigenvalue weighted by Gasteiger charge is -2.08. The van der Waals surface area contributed by atoms with E-state index in [9.17, 15) is 14.0 Å². The van der Waals surface area contributed by atoms with E-state index in [4.69, 9.17) is 0 Å². The minimum absolute atomic E-state index is 0.0631. The number of carbonyl (C=O) groups is 2. The van der Waals surface area contributed by atoms with Gasteiger partial charge >= 0.3 is 0 Å². The van der Waals surface area contributed by atoms with Gasteiger partial charge in [-0.25, -0.2) is 4.39 Å². The summed E-state index contributed by atoms with van der Waals surface area (Å²) < 4.78 is 15.0. The minimum Gasteiger partial charge on any atom is -0.326 e. The van der Waals surface area contributed by atoms with Gasteiger partial charge in [0.25, 0.3) is 0 Å². The van der Waals surface area contributed by atoms with E-state index in [0.29, 0.717) is 22.4 Å². The second kappa shape index (κ2) is 9.33. The molecule has 0 aliphatic rings. The molecule has 2 N–H and O–H groups in total.